The number of nitrogens with one attached hydrogen (secondary N) is 2. The molecule has 0 bridgehead atoms. The van der Waals surface area contributed by atoms with Gasteiger partial charge in [0.25, 0.3) is 5.91 Å². The summed E-state index contributed by atoms with van der Waals surface area (Å²) in [5.41, 5.74) is 0.0260. The summed E-state index contributed by atoms with van der Waals surface area (Å²) >= 11 is 0. The minimum Gasteiger partial charge on any atom is -0.481 e. The number of hydrogen-bond donors (Lipinski definition) is 3. The third-order valence-corrected chi connectivity index (χ3v) is 2.01. The van der Waals surface area contributed by atoms with Crippen LogP contribution in [0.3, 0.4) is 0 Å². The minimum atomic E-state index is -0.808. The summed E-state index contributed by atoms with van der Waals surface area (Å²) < 4.78 is 0. The van der Waals surface area contributed by atoms with Crippen molar-refractivity contribution < 1.29 is 14.7 Å². The van der Waals surface area contributed by atoms with Gasteiger partial charge in [-0.3, -0.25) is 9.59 Å². The van der Waals surface area contributed by atoms with E-state index in [0.717, 1.165) is 6.42 Å². The van der Waals surface area contributed by atoms with Gasteiger partial charge < -0.3 is 15.7 Å². The number of carbonyl (C=O) groups excluding carboxylic acids is 1. The van der Waals surface area contributed by atoms with Gasteiger partial charge in [-0.25, -0.2) is 0 Å². The van der Waals surface area contributed by atoms with E-state index in [1.807, 2.05) is 0 Å². The van der Waals surface area contributed by atoms with Crippen LogP contribution in [-0.2, 0) is 9.59 Å². The van der Waals surface area contributed by atoms with E-state index in [-0.39, 0.29) is 12.0 Å². The molecule has 0 aromatic rings. The molecule has 0 saturated carbocycles. The molecule has 6 nitrogen and oxygen atoms in total. The van der Waals surface area contributed by atoms with Crippen LogP contribution >= 0.6 is 0 Å². The number of nitrogens with zero attached hydrogens (tertiary/aromatic N) is 1. The molecule has 0 rings (SSSR count). The second-order valence-electron chi connectivity index (χ2n) is 3.42. The number of carboxylic acid groups (broad SMARTS) is 1. The molecule has 0 aliphatic rings. The number of aliphatic carboxylic acids is 1. The van der Waals surface area contributed by atoms with Gasteiger partial charge in [0, 0.05) is 26.2 Å². The van der Waals surface area contributed by atoms with Crippen molar-refractivity contribution in [3.63, 3.8) is 0 Å². The fourth-order valence-corrected chi connectivity index (χ4v) is 1.17. The summed E-state index contributed by atoms with van der Waals surface area (Å²) in [6, 6.07) is 1.78. The molecule has 0 aromatic carbocycles. The van der Waals surface area contributed by atoms with Gasteiger partial charge in [-0.05, 0) is 12.8 Å². The summed E-state index contributed by atoms with van der Waals surface area (Å²) in [6.07, 6.45) is 3.53. The molecule has 0 aliphatic heterocycles. The van der Waals surface area contributed by atoms with Crippen LogP contribution in [0.15, 0.2) is 11.8 Å². The van der Waals surface area contributed by atoms with Crippen LogP contribution in [0.2, 0.25) is 0 Å². The van der Waals surface area contributed by atoms with Gasteiger partial charge in [-0.1, -0.05) is 6.42 Å². The smallest absolute Gasteiger partial charge is 0.303 e. The van der Waals surface area contributed by atoms with Crippen LogP contribution in [-0.4, -0.2) is 30.6 Å². The zero-order valence-electron chi connectivity index (χ0n) is 9.82. The lowest BCUT2D eigenvalue weighted by molar-refractivity contribution is -0.137. The van der Waals surface area contributed by atoms with Crippen molar-refractivity contribution in [3.8, 4) is 6.07 Å². The summed E-state index contributed by atoms with van der Waals surface area (Å²) in [7, 11) is 1.61. The molecular weight excluding hydrogens is 222 g/mol. The monoisotopic (exact) mass is 239 g/mol. The Morgan fingerprint density at radius 2 is 2.06 bits per heavy atom. The van der Waals surface area contributed by atoms with E-state index in [0.29, 0.717) is 19.4 Å². The predicted molar refractivity (Wildman–Crippen MR) is 61.9 cm³/mol. The van der Waals surface area contributed by atoms with Crippen molar-refractivity contribution >= 4 is 11.9 Å². The SMILES string of the molecule is CN/C=C(/C#N)C(=O)NCCCCCC(=O)O. The lowest BCUT2D eigenvalue weighted by atomic mass is 10.2. The Bertz CT molecular complexity index is 331. The van der Waals surface area contributed by atoms with Gasteiger partial charge in [0.1, 0.15) is 11.6 Å². The number of carboxylic acids is 1. The zero-order chi connectivity index (χ0) is 13.1. The van der Waals surface area contributed by atoms with Gasteiger partial charge in [0.15, 0.2) is 0 Å². The van der Waals surface area contributed by atoms with Gasteiger partial charge in [-0.15, -0.1) is 0 Å². The molecule has 0 heterocycles. The third-order valence-electron chi connectivity index (χ3n) is 2.01. The second kappa shape index (κ2) is 9.21. The van der Waals surface area contributed by atoms with Gasteiger partial charge in [-0.2, -0.15) is 5.26 Å². The van der Waals surface area contributed by atoms with E-state index in [9.17, 15) is 9.59 Å². The van der Waals surface area contributed by atoms with Crippen molar-refractivity contribution in [3.05, 3.63) is 11.8 Å². The molecule has 0 aliphatic carbocycles. The molecule has 0 saturated heterocycles. The minimum absolute atomic E-state index is 0.0260. The fraction of sp³-hybridized carbons (Fsp3) is 0.545. The number of amides is 1. The lowest BCUT2D eigenvalue weighted by Gasteiger charge is -2.03. The first-order valence-electron chi connectivity index (χ1n) is 5.39. The van der Waals surface area contributed by atoms with Gasteiger partial charge >= 0.3 is 5.97 Å². The molecule has 0 fully saturated rings. The van der Waals surface area contributed by atoms with Crippen molar-refractivity contribution in [1.82, 2.24) is 10.6 Å². The topological polar surface area (TPSA) is 102 Å². The van der Waals surface area contributed by atoms with Gasteiger partial charge in [0.2, 0.25) is 0 Å². The highest BCUT2D eigenvalue weighted by molar-refractivity contribution is 5.97. The maximum Gasteiger partial charge on any atom is 0.303 e. The number of nitriles is 1. The molecular formula is C11H17N3O3. The maximum atomic E-state index is 11.4. The summed E-state index contributed by atoms with van der Waals surface area (Å²) in [5, 5.41) is 22.2. The van der Waals surface area contributed by atoms with Crippen LogP contribution in [0, 0.1) is 11.3 Å². The molecule has 17 heavy (non-hydrogen) atoms. The highest BCUT2D eigenvalue weighted by Gasteiger charge is 2.06. The van der Waals surface area contributed by atoms with E-state index in [1.165, 1.54) is 6.20 Å². The molecule has 0 unspecified atom stereocenters. The second-order valence-corrected chi connectivity index (χ2v) is 3.42. The summed E-state index contributed by atoms with van der Waals surface area (Å²) in [6.45, 7) is 0.446. The van der Waals surface area contributed by atoms with Crippen LogP contribution in [0.4, 0.5) is 0 Å². The van der Waals surface area contributed by atoms with Crippen molar-refractivity contribution in [2.24, 2.45) is 0 Å². The van der Waals surface area contributed by atoms with Crippen LogP contribution in [0.1, 0.15) is 25.7 Å². The lowest BCUT2D eigenvalue weighted by Crippen LogP contribution is -2.26. The van der Waals surface area contributed by atoms with Crippen LogP contribution in [0.25, 0.3) is 0 Å². The average Bonchev–Trinajstić information content (AvgIpc) is 2.29. The average molecular weight is 239 g/mol. The Morgan fingerprint density at radius 3 is 2.59 bits per heavy atom. The molecule has 0 atom stereocenters. The number of hydrogen-bond acceptors (Lipinski definition) is 4. The Balaban J connectivity index is 3.68. The molecule has 0 radical (unpaired) electrons. The Morgan fingerprint density at radius 1 is 1.35 bits per heavy atom. The number of carbonyl (C=O) groups is 2. The zero-order valence-corrected chi connectivity index (χ0v) is 9.82. The summed E-state index contributed by atoms with van der Waals surface area (Å²) in [5.74, 6) is -1.22. The highest BCUT2D eigenvalue weighted by atomic mass is 16.4. The van der Waals surface area contributed by atoms with E-state index in [2.05, 4.69) is 10.6 Å². The fourth-order valence-electron chi connectivity index (χ4n) is 1.17. The maximum absolute atomic E-state index is 11.4. The molecule has 6 heteroatoms. The van der Waals surface area contributed by atoms with E-state index < -0.39 is 11.9 Å². The van der Waals surface area contributed by atoms with Crippen LogP contribution in [0.5, 0.6) is 0 Å². The van der Waals surface area contributed by atoms with Crippen molar-refractivity contribution in [2.75, 3.05) is 13.6 Å². The quantitative estimate of drug-likeness (QED) is 0.323. The highest BCUT2D eigenvalue weighted by Crippen LogP contribution is 1.99. The Labute approximate surface area is 100 Å². The first kappa shape index (κ1) is 15.0. The van der Waals surface area contributed by atoms with Crippen molar-refractivity contribution in [2.45, 2.75) is 25.7 Å². The van der Waals surface area contributed by atoms with E-state index in [1.54, 1.807) is 13.1 Å². The van der Waals surface area contributed by atoms with E-state index >= 15 is 0 Å². The first-order valence-corrected chi connectivity index (χ1v) is 5.39. The largest absolute Gasteiger partial charge is 0.481 e. The Kier molecular flexibility index (Phi) is 8.11. The number of unbranched alkanes of at least 4 members (excludes halogenated alkanes) is 2. The van der Waals surface area contributed by atoms with E-state index in [4.69, 9.17) is 10.4 Å². The number of rotatable bonds is 8. The third kappa shape index (κ3) is 7.85. The van der Waals surface area contributed by atoms with Gasteiger partial charge in [0.05, 0.1) is 0 Å². The first-order chi connectivity index (χ1) is 8.11. The Hall–Kier alpha value is -2.03. The molecule has 94 valence electrons. The molecule has 1 amide bonds. The summed E-state index contributed by atoms with van der Waals surface area (Å²) in [4.78, 5) is 21.6. The normalized spacial score (nSPS) is 10.5. The standard InChI is InChI=1S/C11H17N3O3/c1-13-8-9(7-12)11(17)14-6-4-2-3-5-10(15)16/h8,13H,2-6H2,1H3,(H,14,17)(H,15,16)/b9-8-. The predicted octanol–water partition coefficient (Wildman–Crippen LogP) is 0.374. The molecule has 0 aromatic heterocycles. The van der Waals surface area contributed by atoms with Crippen molar-refractivity contribution in [1.29, 1.82) is 5.26 Å². The van der Waals surface area contributed by atoms with Crippen LogP contribution < -0.4 is 10.6 Å². The molecule has 3 N–H and O–H groups in total. The molecule has 0 spiro atoms.